The zero-order valence-corrected chi connectivity index (χ0v) is 12.4. The highest BCUT2D eigenvalue weighted by molar-refractivity contribution is 5.53. The number of aromatic nitrogens is 1. The maximum Gasteiger partial charge on any atom is 0.238 e. The lowest BCUT2D eigenvalue weighted by atomic mass is 9.78. The van der Waals surface area contributed by atoms with Crippen LogP contribution >= 0.6 is 0 Å². The van der Waals surface area contributed by atoms with Crippen LogP contribution < -0.4 is 15.8 Å². The molecule has 112 valence electrons. The van der Waals surface area contributed by atoms with Crippen LogP contribution in [0.1, 0.15) is 39.0 Å². The third-order valence-electron chi connectivity index (χ3n) is 4.29. The summed E-state index contributed by atoms with van der Waals surface area (Å²) >= 11 is 0. The Morgan fingerprint density at radius 1 is 1.45 bits per heavy atom. The first-order valence-corrected chi connectivity index (χ1v) is 7.33. The van der Waals surface area contributed by atoms with Gasteiger partial charge in [-0.05, 0) is 43.7 Å². The van der Waals surface area contributed by atoms with E-state index in [9.17, 15) is 5.11 Å². The van der Waals surface area contributed by atoms with E-state index in [1.54, 1.807) is 19.2 Å². The molecule has 1 heterocycles. The highest BCUT2D eigenvalue weighted by Crippen LogP contribution is 2.33. The standard InChI is InChI=1S/C15H25N3O2/c1-3-11-6-8-15(19,9-7-11)10-17-13-5-4-12(16)14(18-13)20-2/h4-5,11,19H,3,6-10,16H2,1-2H3,(H,17,18). The summed E-state index contributed by atoms with van der Waals surface area (Å²) in [6, 6.07) is 3.56. The molecule has 0 radical (unpaired) electrons. The molecule has 5 nitrogen and oxygen atoms in total. The fourth-order valence-corrected chi connectivity index (χ4v) is 2.77. The van der Waals surface area contributed by atoms with Gasteiger partial charge >= 0.3 is 0 Å². The second-order valence-electron chi connectivity index (χ2n) is 5.72. The highest BCUT2D eigenvalue weighted by atomic mass is 16.5. The number of aliphatic hydroxyl groups is 1. The summed E-state index contributed by atoms with van der Waals surface area (Å²) < 4.78 is 5.09. The van der Waals surface area contributed by atoms with Gasteiger partial charge in [0, 0.05) is 6.54 Å². The van der Waals surface area contributed by atoms with Crippen LogP contribution in [0.3, 0.4) is 0 Å². The van der Waals surface area contributed by atoms with Crippen LogP contribution in [0.2, 0.25) is 0 Å². The summed E-state index contributed by atoms with van der Waals surface area (Å²) in [5.74, 6) is 1.86. The van der Waals surface area contributed by atoms with E-state index in [1.165, 1.54) is 6.42 Å². The van der Waals surface area contributed by atoms with Gasteiger partial charge in [-0.3, -0.25) is 0 Å². The average Bonchev–Trinajstić information content (AvgIpc) is 2.47. The molecular weight excluding hydrogens is 254 g/mol. The molecule has 0 unspecified atom stereocenters. The van der Waals surface area contributed by atoms with Crippen molar-refractivity contribution >= 4 is 11.5 Å². The number of nitrogens with one attached hydrogen (secondary N) is 1. The van der Waals surface area contributed by atoms with E-state index < -0.39 is 5.60 Å². The number of hydrogen-bond acceptors (Lipinski definition) is 5. The number of hydrogen-bond donors (Lipinski definition) is 3. The Hall–Kier alpha value is -1.49. The molecular formula is C15H25N3O2. The zero-order chi connectivity index (χ0) is 14.6. The summed E-state index contributed by atoms with van der Waals surface area (Å²) in [5, 5.41) is 13.8. The van der Waals surface area contributed by atoms with Crippen molar-refractivity contribution in [3.8, 4) is 5.88 Å². The molecule has 1 aliphatic rings. The van der Waals surface area contributed by atoms with Crippen LogP contribution in [0, 0.1) is 5.92 Å². The fraction of sp³-hybridized carbons (Fsp3) is 0.667. The lowest BCUT2D eigenvalue weighted by Gasteiger charge is -2.36. The fourth-order valence-electron chi connectivity index (χ4n) is 2.77. The lowest BCUT2D eigenvalue weighted by Crippen LogP contribution is -2.40. The smallest absolute Gasteiger partial charge is 0.238 e. The van der Waals surface area contributed by atoms with Crippen LogP contribution in [0.5, 0.6) is 5.88 Å². The number of nitrogen functional groups attached to an aromatic ring is 1. The third kappa shape index (κ3) is 3.54. The number of rotatable bonds is 5. The van der Waals surface area contributed by atoms with Gasteiger partial charge < -0.3 is 20.9 Å². The topological polar surface area (TPSA) is 80.4 Å². The Kier molecular flexibility index (Phi) is 4.70. The van der Waals surface area contributed by atoms with Crippen molar-refractivity contribution in [2.45, 2.75) is 44.6 Å². The Bertz CT molecular complexity index is 443. The molecule has 0 spiro atoms. The second-order valence-corrected chi connectivity index (χ2v) is 5.72. The molecule has 20 heavy (non-hydrogen) atoms. The normalized spacial score (nSPS) is 26.2. The van der Waals surface area contributed by atoms with Crippen molar-refractivity contribution < 1.29 is 9.84 Å². The zero-order valence-electron chi connectivity index (χ0n) is 12.4. The van der Waals surface area contributed by atoms with E-state index in [4.69, 9.17) is 10.5 Å². The molecule has 1 saturated carbocycles. The van der Waals surface area contributed by atoms with Crippen molar-refractivity contribution in [2.24, 2.45) is 5.92 Å². The monoisotopic (exact) mass is 279 g/mol. The largest absolute Gasteiger partial charge is 0.479 e. The van der Waals surface area contributed by atoms with Gasteiger partial charge in [-0.1, -0.05) is 13.3 Å². The predicted octanol–water partition coefficient (Wildman–Crippen LogP) is 2.42. The van der Waals surface area contributed by atoms with Crippen molar-refractivity contribution in [3.63, 3.8) is 0 Å². The molecule has 4 N–H and O–H groups in total. The van der Waals surface area contributed by atoms with E-state index >= 15 is 0 Å². The lowest BCUT2D eigenvalue weighted by molar-refractivity contribution is 0.00222. The molecule has 0 bridgehead atoms. The van der Waals surface area contributed by atoms with Crippen LogP contribution in [0.25, 0.3) is 0 Å². The number of pyridine rings is 1. The van der Waals surface area contributed by atoms with Gasteiger partial charge in [0.2, 0.25) is 5.88 Å². The molecule has 1 fully saturated rings. The molecule has 1 aliphatic carbocycles. The minimum Gasteiger partial charge on any atom is -0.479 e. The minimum absolute atomic E-state index is 0.414. The number of ether oxygens (including phenoxy) is 1. The molecule has 0 saturated heterocycles. The number of anilines is 2. The first-order valence-electron chi connectivity index (χ1n) is 7.33. The van der Waals surface area contributed by atoms with Crippen molar-refractivity contribution in [2.75, 3.05) is 24.7 Å². The van der Waals surface area contributed by atoms with Gasteiger partial charge in [0.05, 0.1) is 18.4 Å². The van der Waals surface area contributed by atoms with E-state index in [2.05, 4.69) is 17.2 Å². The van der Waals surface area contributed by atoms with Gasteiger partial charge in [0.15, 0.2) is 0 Å². The third-order valence-corrected chi connectivity index (χ3v) is 4.29. The Labute approximate surface area is 120 Å². The minimum atomic E-state index is -0.623. The van der Waals surface area contributed by atoms with Gasteiger partial charge in [-0.15, -0.1) is 0 Å². The van der Waals surface area contributed by atoms with Crippen molar-refractivity contribution in [3.05, 3.63) is 12.1 Å². The maximum atomic E-state index is 10.6. The Balaban J connectivity index is 1.91. The second kappa shape index (κ2) is 6.31. The summed E-state index contributed by atoms with van der Waals surface area (Å²) in [4.78, 5) is 4.27. The Morgan fingerprint density at radius 3 is 2.75 bits per heavy atom. The average molecular weight is 279 g/mol. The molecule has 1 aromatic rings. The molecule has 0 amide bonds. The Morgan fingerprint density at radius 2 is 2.15 bits per heavy atom. The maximum absolute atomic E-state index is 10.6. The summed E-state index contributed by atoms with van der Waals surface area (Å²) in [6.45, 7) is 2.74. The highest BCUT2D eigenvalue weighted by Gasteiger charge is 2.32. The van der Waals surface area contributed by atoms with Crippen molar-refractivity contribution in [1.29, 1.82) is 0 Å². The van der Waals surface area contributed by atoms with E-state index in [0.29, 0.717) is 23.9 Å². The van der Waals surface area contributed by atoms with Crippen LogP contribution in [-0.4, -0.2) is 29.3 Å². The number of methoxy groups -OCH3 is 1. The summed E-state index contributed by atoms with van der Waals surface area (Å²) in [6.07, 6.45) is 5.12. The SMILES string of the molecule is CCC1CCC(O)(CNc2ccc(N)c(OC)n2)CC1. The van der Waals surface area contributed by atoms with Crippen LogP contribution in [0.15, 0.2) is 12.1 Å². The van der Waals surface area contributed by atoms with Gasteiger partial charge in [0.1, 0.15) is 5.82 Å². The predicted molar refractivity (Wildman–Crippen MR) is 80.9 cm³/mol. The molecule has 0 atom stereocenters. The number of nitrogens with zero attached hydrogens (tertiary/aromatic N) is 1. The van der Waals surface area contributed by atoms with Crippen LogP contribution in [-0.2, 0) is 0 Å². The van der Waals surface area contributed by atoms with E-state index in [0.717, 1.165) is 31.6 Å². The summed E-state index contributed by atoms with van der Waals surface area (Å²) in [5.41, 5.74) is 5.62. The van der Waals surface area contributed by atoms with E-state index in [1.807, 2.05) is 0 Å². The van der Waals surface area contributed by atoms with Gasteiger partial charge in [0.25, 0.3) is 0 Å². The molecule has 0 aliphatic heterocycles. The van der Waals surface area contributed by atoms with E-state index in [-0.39, 0.29) is 0 Å². The van der Waals surface area contributed by atoms with Crippen LogP contribution in [0.4, 0.5) is 11.5 Å². The quantitative estimate of drug-likeness (QED) is 0.771. The summed E-state index contributed by atoms with van der Waals surface area (Å²) in [7, 11) is 1.54. The number of nitrogens with two attached hydrogens (primary N) is 1. The molecule has 2 rings (SSSR count). The first-order chi connectivity index (χ1) is 9.56. The molecule has 5 heteroatoms. The first kappa shape index (κ1) is 14.9. The molecule has 1 aromatic heterocycles. The van der Waals surface area contributed by atoms with Gasteiger partial charge in [-0.25, -0.2) is 0 Å². The molecule has 0 aromatic carbocycles. The van der Waals surface area contributed by atoms with Crippen molar-refractivity contribution in [1.82, 2.24) is 4.98 Å². The van der Waals surface area contributed by atoms with Gasteiger partial charge in [-0.2, -0.15) is 4.98 Å².